The molecule has 2 N–H and O–H groups in total. The summed E-state index contributed by atoms with van der Waals surface area (Å²) < 4.78 is 12.6. The smallest absolute Gasteiger partial charge is 0.153 e. The Balaban J connectivity index is 2.29. The number of hydrogen-bond donors (Lipinski definition) is 1. The largest absolute Gasteiger partial charge is 0.491 e. The lowest BCUT2D eigenvalue weighted by atomic mass is 10.1. The van der Waals surface area contributed by atoms with E-state index >= 15 is 0 Å². The number of benzene rings is 3. The topological polar surface area (TPSA) is 92.1 Å². The van der Waals surface area contributed by atoms with Gasteiger partial charge < -0.3 is 15.2 Å². The van der Waals surface area contributed by atoms with Gasteiger partial charge in [-0.15, -0.1) is 0 Å². The molecule has 3 rings (SSSR count). The Morgan fingerprint density at radius 1 is 0.763 bits per heavy atom. The van der Waals surface area contributed by atoms with Crippen LogP contribution in [-0.4, -0.2) is 13.2 Å². The summed E-state index contributed by atoms with van der Waals surface area (Å²) in [7, 11) is 0. The molecular weight excluding hydrogens is 510 g/mol. The summed E-state index contributed by atoms with van der Waals surface area (Å²) in [6.45, 7) is 11.4. The van der Waals surface area contributed by atoms with Crippen LogP contribution in [0.25, 0.3) is 0 Å². The normalized spacial score (nSPS) is 10.9. The van der Waals surface area contributed by atoms with Gasteiger partial charge in [-0.2, -0.15) is 10.5 Å². The van der Waals surface area contributed by atoms with E-state index in [9.17, 15) is 10.5 Å². The van der Waals surface area contributed by atoms with Crippen LogP contribution in [0.15, 0.2) is 68.1 Å². The second-order valence-corrected chi connectivity index (χ2v) is 12.0. The maximum absolute atomic E-state index is 10.3. The highest BCUT2D eigenvalue weighted by atomic mass is 32.2. The number of nitriles is 2. The summed E-state index contributed by atoms with van der Waals surface area (Å²) in [5.74, 6) is 1.69. The number of hydrogen-bond acceptors (Lipinski definition) is 7. The molecular formula is C31H35N3O2S2. The van der Waals surface area contributed by atoms with Crippen molar-refractivity contribution in [3.05, 3.63) is 65.2 Å². The van der Waals surface area contributed by atoms with Crippen LogP contribution >= 0.6 is 23.5 Å². The van der Waals surface area contributed by atoms with Crippen LogP contribution in [0.3, 0.4) is 0 Å². The number of rotatable bonds is 12. The van der Waals surface area contributed by atoms with E-state index in [2.05, 4.69) is 52.0 Å². The predicted molar refractivity (Wildman–Crippen MR) is 156 cm³/mol. The monoisotopic (exact) mass is 545 g/mol. The first-order chi connectivity index (χ1) is 18.2. The molecule has 0 saturated carbocycles. The molecule has 0 fully saturated rings. The van der Waals surface area contributed by atoms with Crippen LogP contribution in [0.1, 0.15) is 57.2 Å². The van der Waals surface area contributed by atoms with Crippen molar-refractivity contribution in [1.82, 2.24) is 0 Å². The molecule has 5 nitrogen and oxygen atoms in total. The molecule has 0 aromatic heterocycles. The molecule has 3 aromatic rings. The number of para-hydroxylation sites is 1. The summed E-state index contributed by atoms with van der Waals surface area (Å²) in [6.07, 6.45) is 1.64. The van der Waals surface area contributed by atoms with Crippen LogP contribution < -0.4 is 15.2 Å². The summed E-state index contributed by atoms with van der Waals surface area (Å²) >= 11 is 2.95. The van der Waals surface area contributed by atoms with Gasteiger partial charge in [0.1, 0.15) is 23.3 Å². The van der Waals surface area contributed by atoms with Crippen LogP contribution in [0.5, 0.6) is 11.5 Å². The van der Waals surface area contributed by atoms with Crippen LogP contribution in [-0.2, 0) is 0 Å². The first kappa shape index (κ1) is 29.3. The lowest BCUT2D eigenvalue weighted by Crippen LogP contribution is -2.09. The number of ether oxygens (including phenoxy) is 2. The Kier molecular flexibility index (Phi) is 10.8. The zero-order valence-corrected chi connectivity index (χ0v) is 24.3. The molecule has 7 heteroatoms. The van der Waals surface area contributed by atoms with E-state index in [1.165, 1.54) is 23.5 Å². The number of aryl methyl sites for hydroxylation is 1. The standard InChI is InChI=1S/C31H35N3O2S2/c1-20(2)14-16-35-28-24(18-32)25(19-33)29(36-17-15-21(3)4)31(38-27-9-7-6-8-26(27)34)30(28)37-23-12-10-22(5)11-13-23/h6-13,20-21H,14-17,34H2,1-5H3. The number of nitrogen functional groups attached to an aromatic ring is 1. The average molecular weight is 546 g/mol. The molecule has 0 aliphatic heterocycles. The Labute approximate surface area is 235 Å². The summed E-state index contributed by atoms with van der Waals surface area (Å²) in [5, 5.41) is 20.5. The van der Waals surface area contributed by atoms with Crippen LogP contribution in [0.4, 0.5) is 5.69 Å². The minimum atomic E-state index is 0.195. The Morgan fingerprint density at radius 2 is 1.26 bits per heavy atom. The van der Waals surface area contributed by atoms with Gasteiger partial charge in [-0.25, -0.2) is 0 Å². The first-order valence-corrected chi connectivity index (χ1v) is 14.4. The van der Waals surface area contributed by atoms with Crippen molar-refractivity contribution in [2.24, 2.45) is 11.8 Å². The van der Waals surface area contributed by atoms with Crippen molar-refractivity contribution < 1.29 is 9.47 Å². The predicted octanol–water partition coefficient (Wildman–Crippen LogP) is 8.47. The lowest BCUT2D eigenvalue weighted by Gasteiger charge is -2.22. The van der Waals surface area contributed by atoms with Gasteiger partial charge in [0.15, 0.2) is 11.5 Å². The van der Waals surface area contributed by atoms with Gasteiger partial charge in [-0.3, -0.25) is 0 Å². The van der Waals surface area contributed by atoms with E-state index in [0.717, 1.165) is 38.0 Å². The van der Waals surface area contributed by atoms with E-state index in [1.54, 1.807) is 0 Å². The van der Waals surface area contributed by atoms with Crippen molar-refractivity contribution in [2.75, 3.05) is 18.9 Å². The van der Waals surface area contributed by atoms with Gasteiger partial charge in [-0.1, -0.05) is 81.0 Å². The fourth-order valence-corrected chi connectivity index (χ4v) is 5.72. The molecule has 0 radical (unpaired) electrons. The van der Waals surface area contributed by atoms with Crippen LogP contribution in [0, 0.1) is 41.4 Å². The fraction of sp³-hybridized carbons (Fsp3) is 0.355. The molecule has 0 bridgehead atoms. The van der Waals surface area contributed by atoms with Crippen molar-refractivity contribution in [2.45, 2.75) is 67.0 Å². The van der Waals surface area contributed by atoms with Gasteiger partial charge in [-0.05, 0) is 55.9 Å². The van der Waals surface area contributed by atoms with Crippen LogP contribution in [0.2, 0.25) is 0 Å². The van der Waals surface area contributed by atoms with Crippen molar-refractivity contribution >= 4 is 29.2 Å². The second kappa shape index (κ2) is 14.0. The maximum atomic E-state index is 10.3. The summed E-state index contributed by atoms with van der Waals surface area (Å²) in [6, 6.07) is 20.3. The molecule has 0 spiro atoms. The Morgan fingerprint density at radius 3 is 1.74 bits per heavy atom. The third kappa shape index (κ3) is 7.63. The average Bonchev–Trinajstić information content (AvgIpc) is 2.88. The first-order valence-electron chi connectivity index (χ1n) is 12.8. The zero-order valence-electron chi connectivity index (χ0n) is 22.7. The fourth-order valence-electron chi connectivity index (χ4n) is 3.54. The lowest BCUT2D eigenvalue weighted by molar-refractivity contribution is 0.269. The number of anilines is 1. The number of nitrogens with two attached hydrogens (primary N) is 1. The molecule has 198 valence electrons. The van der Waals surface area contributed by atoms with E-state index in [4.69, 9.17) is 15.2 Å². The Hall–Kier alpha value is -3.26. The molecule has 38 heavy (non-hydrogen) atoms. The van der Waals surface area contributed by atoms with Crippen molar-refractivity contribution in [3.63, 3.8) is 0 Å². The van der Waals surface area contributed by atoms with E-state index in [1.807, 2.05) is 43.3 Å². The third-order valence-electron chi connectivity index (χ3n) is 5.80. The molecule has 0 heterocycles. The van der Waals surface area contributed by atoms with Crippen molar-refractivity contribution in [3.8, 4) is 23.6 Å². The molecule has 0 aliphatic rings. The van der Waals surface area contributed by atoms with Gasteiger partial charge in [0, 0.05) is 15.5 Å². The molecule has 0 unspecified atom stereocenters. The van der Waals surface area contributed by atoms with Gasteiger partial charge in [0.25, 0.3) is 0 Å². The highest BCUT2D eigenvalue weighted by molar-refractivity contribution is 8.02. The van der Waals surface area contributed by atoms with Gasteiger partial charge in [0.2, 0.25) is 0 Å². The van der Waals surface area contributed by atoms with E-state index in [-0.39, 0.29) is 11.1 Å². The highest BCUT2D eigenvalue weighted by Gasteiger charge is 2.29. The molecule has 0 atom stereocenters. The minimum Gasteiger partial charge on any atom is -0.491 e. The molecule has 0 aliphatic carbocycles. The minimum absolute atomic E-state index is 0.195. The Bertz CT molecular complexity index is 1320. The highest BCUT2D eigenvalue weighted by Crippen LogP contribution is 2.53. The zero-order chi connectivity index (χ0) is 27.7. The van der Waals surface area contributed by atoms with Gasteiger partial charge in [0.05, 0.1) is 23.0 Å². The quantitative estimate of drug-likeness (QED) is 0.228. The SMILES string of the molecule is Cc1ccc(Sc2c(OCCC(C)C)c(C#N)c(C#N)c(OCCC(C)C)c2Sc2ccccc2N)cc1. The number of nitrogens with zero attached hydrogens (tertiary/aromatic N) is 2. The van der Waals surface area contributed by atoms with Crippen molar-refractivity contribution in [1.29, 1.82) is 10.5 Å². The summed E-state index contributed by atoms with van der Waals surface area (Å²) in [5.41, 5.74) is 8.52. The molecule has 3 aromatic carbocycles. The maximum Gasteiger partial charge on any atom is 0.153 e. The van der Waals surface area contributed by atoms with E-state index in [0.29, 0.717) is 42.2 Å². The van der Waals surface area contributed by atoms with Gasteiger partial charge >= 0.3 is 0 Å². The second-order valence-electron chi connectivity index (χ2n) is 9.91. The molecule has 0 saturated heterocycles. The van der Waals surface area contributed by atoms with E-state index < -0.39 is 0 Å². The summed E-state index contributed by atoms with van der Waals surface area (Å²) in [4.78, 5) is 3.32. The molecule has 0 amide bonds. The third-order valence-corrected chi connectivity index (χ3v) is 8.22.